The van der Waals surface area contributed by atoms with Gasteiger partial charge in [-0.1, -0.05) is 36.5 Å². The second kappa shape index (κ2) is 10.9. The first-order valence-electron chi connectivity index (χ1n) is 11.3. The van der Waals surface area contributed by atoms with E-state index in [1.165, 1.54) is 16.2 Å². The fourth-order valence-electron chi connectivity index (χ4n) is 4.37. The van der Waals surface area contributed by atoms with E-state index in [2.05, 4.69) is 35.2 Å². The molecule has 0 aromatic rings. The van der Waals surface area contributed by atoms with Crippen molar-refractivity contribution < 1.29 is 19.8 Å². The predicted molar refractivity (Wildman–Crippen MR) is 129 cm³/mol. The molecule has 1 atom stereocenters. The molecule has 0 aromatic carbocycles. The van der Waals surface area contributed by atoms with Crippen LogP contribution < -0.4 is 5.43 Å². The third kappa shape index (κ3) is 6.09. The summed E-state index contributed by atoms with van der Waals surface area (Å²) in [5.41, 5.74) is 8.27. The quantitative estimate of drug-likeness (QED) is 0.355. The summed E-state index contributed by atoms with van der Waals surface area (Å²) in [6.45, 7) is 7.89. The van der Waals surface area contributed by atoms with E-state index in [9.17, 15) is 14.7 Å². The molecule has 1 aliphatic heterocycles. The number of aliphatic carboxylic acids is 1. The third-order valence-corrected chi connectivity index (χ3v) is 6.18. The lowest BCUT2D eigenvalue weighted by Gasteiger charge is -2.24. The van der Waals surface area contributed by atoms with Crippen LogP contribution in [0.15, 0.2) is 69.3 Å². The highest BCUT2D eigenvalue weighted by molar-refractivity contribution is 6.45. The standard InChI is InChI=1S/C25H32N4O4/c1-4-5-8-18-14-19(13-16(18)2)20-9-6-10-21(25(20)33)26-27-22-15-23(30)29(28-17(22)3)12-7-11-24(31)32/h4-5,8,10,19,26,33H,1,6-7,9,11-15H2,2-3H3,(H,31,32)/b8-5-,27-22+. The van der Waals surface area contributed by atoms with Crippen molar-refractivity contribution in [3.05, 3.63) is 59.1 Å². The van der Waals surface area contributed by atoms with Crippen molar-refractivity contribution in [1.82, 2.24) is 10.4 Å². The number of carboxylic acid groups (broad SMARTS) is 1. The number of aliphatic hydroxyl groups excluding tert-OH is 1. The molecule has 33 heavy (non-hydrogen) atoms. The number of carboxylic acids is 1. The van der Waals surface area contributed by atoms with Gasteiger partial charge in [-0.3, -0.25) is 15.0 Å². The molecule has 8 heteroatoms. The largest absolute Gasteiger partial charge is 0.506 e. The zero-order valence-corrected chi connectivity index (χ0v) is 19.3. The van der Waals surface area contributed by atoms with Crippen LogP contribution in [-0.4, -0.2) is 45.1 Å². The van der Waals surface area contributed by atoms with E-state index < -0.39 is 5.97 Å². The molecule has 0 saturated heterocycles. The van der Waals surface area contributed by atoms with E-state index in [0.717, 1.165) is 31.3 Å². The Morgan fingerprint density at radius 1 is 1.39 bits per heavy atom. The number of aliphatic hydroxyl groups is 1. The molecule has 3 aliphatic rings. The fourth-order valence-corrected chi connectivity index (χ4v) is 4.37. The summed E-state index contributed by atoms with van der Waals surface area (Å²) >= 11 is 0. The number of allylic oxidation sites excluding steroid dienone is 7. The van der Waals surface area contributed by atoms with Crippen LogP contribution in [0.4, 0.5) is 0 Å². The molecule has 0 fully saturated rings. The third-order valence-electron chi connectivity index (χ3n) is 6.18. The molecule has 0 bridgehead atoms. The Morgan fingerprint density at radius 2 is 2.18 bits per heavy atom. The minimum Gasteiger partial charge on any atom is -0.506 e. The van der Waals surface area contributed by atoms with Gasteiger partial charge in [0, 0.05) is 13.0 Å². The Labute approximate surface area is 194 Å². The first-order valence-corrected chi connectivity index (χ1v) is 11.3. The van der Waals surface area contributed by atoms with E-state index in [1.807, 2.05) is 12.2 Å². The molecule has 1 amide bonds. The highest BCUT2D eigenvalue weighted by atomic mass is 16.4. The maximum Gasteiger partial charge on any atom is 0.303 e. The SMILES string of the molecule is C=C/C=C\C1=C(C)CC(C2=C(O)C(N/N=C3\CC(=O)N(CCCC(=O)O)N=C3C)=CCC2)C1. The first kappa shape index (κ1) is 24.2. The molecule has 1 heterocycles. The smallest absolute Gasteiger partial charge is 0.303 e. The Morgan fingerprint density at radius 3 is 2.91 bits per heavy atom. The van der Waals surface area contributed by atoms with Gasteiger partial charge in [-0.05, 0) is 63.0 Å². The number of hydrogen-bond donors (Lipinski definition) is 3. The van der Waals surface area contributed by atoms with E-state index in [4.69, 9.17) is 5.11 Å². The van der Waals surface area contributed by atoms with Crippen molar-refractivity contribution in [3.63, 3.8) is 0 Å². The van der Waals surface area contributed by atoms with E-state index >= 15 is 0 Å². The van der Waals surface area contributed by atoms with Crippen LogP contribution in [0.2, 0.25) is 0 Å². The lowest BCUT2D eigenvalue weighted by Crippen LogP contribution is -2.37. The van der Waals surface area contributed by atoms with Gasteiger partial charge < -0.3 is 10.2 Å². The number of rotatable bonds is 9. The topological polar surface area (TPSA) is 115 Å². The maximum atomic E-state index is 12.4. The van der Waals surface area contributed by atoms with Gasteiger partial charge in [0.2, 0.25) is 5.91 Å². The summed E-state index contributed by atoms with van der Waals surface area (Å²) in [7, 11) is 0. The van der Waals surface area contributed by atoms with Crippen LogP contribution in [0, 0.1) is 5.92 Å². The Balaban J connectivity index is 1.66. The van der Waals surface area contributed by atoms with Gasteiger partial charge in [0.15, 0.2) is 0 Å². The van der Waals surface area contributed by atoms with E-state index in [0.29, 0.717) is 23.5 Å². The number of amides is 1. The molecule has 3 rings (SSSR count). The van der Waals surface area contributed by atoms with Crippen LogP contribution >= 0.6 is 0 Å². The Hall–Kier alpha value is -3.42. The first-order chi connectivity index (χ1) is 15.8. The monoisotopic (exact) mass is 452 g/mol. The summed E-state index contributed by atoms with van der Waals surface area (Å²) in [5.74, 6) is -0.610. The van der Waals surface area contributed by atoms with Crippen LogP contribution in [0.1, 0.15) is 58.8 Å². The number of hydrazone groups is 2. The predicted octanol–water partition coefficient (Wildman–Crippen LogP) is 4.36. The summed E-state index contributed by atoms with van der Waals surface area (Å²) in [6, 6.07) is 0. The maximum absolute atomic E-state index is 12.4. The van der Waals surface area contributed by atoms with E-state index in [1.54, 1.807) is 13.0 Å². The highest BCUT2D eigenvalue weighted by Gasteiger charge is 2.29. The minimum atomic E-state index is -0.896. The molecular formula is C25H32N4O4. The van der Waals surface area contributed by atoms with Crippen molar-refractivity contribution in [2.75, 3.05) is 6.54 Å². The molecule has 8 nitrogen and oxygen atoms in total. The van der Waals surface area contributed by atoms with Gasteiger partial charge in [-0.2, -0.15) is 10.2 Å². The van der Waals surface area contributed by atoms with Crippen molar-refractivity contribution in [2.45, 2.75) is 58.8 Å². The van der Waals surface area contributed by atoms with Gasteiger partial charge in [-0.25, -0.2) is 5.01 Å². The molecule has 176 valence electrons. The lowest BCUT2D eigenvalue weighted by molar-refractivity contribution is -0.138. The van der Waals surface area contributed by atoms with Gasteiger partial charge in [-0.15, -0.1) is 0 Å². The number of nitrogens with one attached hydrogen (secondary N) is 1. The number of hydrogen-bond acceptors (Lipinski definition) is 6. The molecule has 0 aromatic heterocycles. The second-order valence-electron chi connectivity index (χ2n) is 8.58. The molecule has 0 radical (unpaired) electrons. The van der Waals surface area contributed by atoms with E-state index in [-0.39, 0.29) is 37.0 Å². The summed E-state index contributed by atoms with van der Waals surface area (Å²) in [6.07, 6.45) is 11.6. The number of nitrogens with zero attached hydrogens (tertiary/aromatic N) is 3. The van der Waals surface area contributed by atoms with Crippen LogP contribution in [0.25, 0.3) is 0 Å². The molecule has 0 saturated carbocycles. The molecule has 1 unspecified atom stereocenters. The zero-order valence-electron chi connectivity index (χ0n) is 19.3. The van der Waals surface area contributed by atoms with Crippen molar-refractivity contribution in [3.8, 4) is 0 Å². The van der Waals surface area contributed by atoms with Crippen molar-refractivity contribution in [2.24, 2.45) is 16.1 Å². The number of carbonyl (C=O) groups is 2. The van der Waals surface area contributed by atoms with Crippen molar-refractivity contribution in [1.29, 1.82) is 0 Å². The molecule has 3 N–H and O–H groups in total. The summed E-state index contributed by atoms with van der Waals surface area (Å²) in [4.78, 5) is 23.1. The Bertz CT molecular complexity index is 1010. The highest BCUT2D eigenvalue weighted by Crippen LogP contribution is 2.41. The van der Waals surface area contributed by atoms with Crippen LogP contribution in [0.3, 0.4) is 0 Å². The van der Waals surface area contributed by atoms with Gasteiger partial charge in [0.1, 0.15) is 5.76 Å². The molecule has 2 aliphatic carbocycles. The van der Waals surface area contributed by atoms with Crippen LogP contribution in [0.5, 0.6) is 0 Å². The zero-order chi connectivity index (χ0) is 24.0. The van der Waals surface area contributed by atoms with Gasteiger partial charge >= 0.3 is 5.97 Å². The normalized spacial score (nSPS) is 22.8. The second-order valence-corrected chi connectivity index (χ2v) is 8.58. The summed E-state index contributed by atoms with van der Waals surface area (Å²) in [5, 5.41) is 29.6. The van der Waals surface area contributed by atoms with Gasteiger partial charge in [0.25, 0.3) is 0 Å². The van der Waals surface area contributed by atoms with Crippen LogP contribution in [-0.2, 0) is 9.59 Å². The average molecular weight is 453 g/mol. The fraction of sp³-hybridized carbons (Fsp3) is 0.440. The molecule has 0 spiro atoms. The number of carbonyl (C=O) groups excluding carboxylic acids is 1. The lowest BCUT2D eigenvalue weighted by atomic mass is 9.87. The van der Waals surface area contributed by atoms with Gasteiger partial charge in [0.05, 0.1) is 23.5 Å². The molecular weight excluding hydrogens is 420 g/mol. The average Bonchev–Trinajstić information content (AvgIpc) is 3.14. The Kier molecular flexibility index (Phi) is 8.03. The summed E-state index contributed by atoms with van der Waals surface area (Å²) < 4.78 is 0. The van der Waals surface area contributed by atoms with Crippen molar-refractivity contribution >= 4 is 23.3 Å². The minimum absolute atomic E-state index is 0.00890.